The van der Waals surface area contributed by atoms with Crippen molar-refractivity contribution in [3.05, 3.63) is 48.0 Å². The Bertz CT molecular complexity index is 921. The van der Waals surface area contributed by atoms with Crippen molar-refractivity contribution < 1.29 is 28.9 Å². The van der Waals surface area contributed by atoms with Gasteiger partial charge in [0.1, 0.15) is 24.5 Å². The van der Waals surface area contributed by atoms with Gasteiger partial charge in [0, 0.05) is 18.3 Å². The lowest BCUT2D eigenvalue weighted by molar-refractivity contribution is -0.121. The number of hydrogen-bond donors (Lipinski definition) is 1. The first kappa shape index (κ1) is 19.0. The summed E-state index contributed by atoms with van der Waals surface area (Å²) < 4.78 is 16.0. The fraction of sp³-hybridized carbons (Fsp3) is 0.250. The number of hydrogen-bond acceptors (Lipinski definition) is 7. The summed E-state index contributed by atoms with van der Waals surface area (Å²) in [5, 5.41) is 18.6. The molecule has 1 amide bonds. The summed E-state index contributed by atoms with van der Waals surface area (Å²) in [6, 6.07) is 12.9. The van der Waals surface area contributed by atoms with Crippen molar-refractivity contribution >= 4 is 17.6 Å². The number of carbonyl (C=O) groups excluding carboxylic acids is 2. The predicted molar refractivity (Wildman–Crippen MR) is 98.4 cm³/mol. The predicted octanol–water partition coefficient (Wildman–Crippen LogP) is 2.27. The smallest absolute Gasteiger partial charge is 0.342 e. The number of nitrogens with zero attached hydrogens (tertiary/aromatic N) is 2. The monoisotopic (exact) mass is 382 g/mol. The molecule has 28 heavy (non-hydrogen) atoms. The number of phenolic OH excluding ortho intramolecular Hbond substituents is 1. The first-order chi connectivity index (χ1) is 13.6. The van der Waals surface area contributed by atoms with Crippen molar-refractivity contribution in [2.45, 2.75) is 6.42 Å². The Hall–Kier alpha value is -3.73. The molecule has 0 radical (unpaired) electrons. The van der Waals surface area contributed by atoms with Crippen LogP contribution in [0.25, 0.3) is 0 Å². The van der Waals surface area contributed by atoms with Gasteiger partial charge in [0.2, 0.25) is 0 Å². The van der Waals surface area contributed by atoms with Gasteiger partial charge in [-0.1, -0.05) is 12.1 Å². The van der Waals surface area contributed by atoms with E-state index in [4.69, 9.17) is 19.5 Å². The van der Waals surface area contributed by atoms with Crippen LogP contribution in [0.5, 0.6) is 17.2 Å². The van der Waals surface area contributed by atoms with Crippen LogP contribution in [0.15, 0.2) is 42.5 Å². The molecule has 0 atom stereocenters. The molecule has 2 aromatic rings. The quantitative estimate of drug-likeness (QED) is 0.763. The molecule has 1 heterocycles. The van der Waals surface area contributed by atoms with Crippen LogP contribution in [-0.4, -0.2) is 43.3 Å². The van der Waals surface area contributed by atoms with Crippen molar-refractivity contribution in [2.75, 3.05) is 31.3 Å². The summed E-state index contributed by atoms with van der Waals surface area (Å²) in [7, 11) is 0. The lowest BCUT2D eigenvalue weighted by Gasteiger charge is -2.24. The zero-order valence-electron chi connectivity index (χ0n) is 15.0. The van der Waals surface area contributed by atoms with Gasteiger partial charge in [-0.15, -0.1) is 0 Å². The second-order valence-electron chi connectivity index (χ2n) is 5.87. The maximum absolute atomic E-state index is 12.6. The fourth-order valence-corrected chi connectivity index (χ4v) is 2.69. The number of fused-ring (bicyclic) bond motifs is 1. The van der Waals surface area contributed by atoms with Gasteiger partial charge < -0.3 is 24.2 Å². The highest BCUT2D eigenvalue weighted by molar-refractivity contribution is 5.98. The van der Waals surface area contributed by atoms with Crippen molar-refractivity contribution in [1.29, 1.82) is 5.26 Å². The number of rotatable bonds is 6. The van der Waals surface area contributed by atoms with Gasteiger partial charge in [-0.05, 0) is 24.3 Å². The van der Waals surface area contributed by atoms with E-state index in [1.807, 2.05) is 6.07 Å². The zero-order chi connectivity index (χ0) is 19.9. The van der Waals surface area contributed by atoms with Gasteiger partial charge in [0.15, 0.2) is 18.1 Å². The van der Waals surface area contributed by atoms with Gasteiger partial charge in [0.25, 0.3) is 5.91 Å². The number of phenols is 1. The number of esters is 1. The average Bonchev–Trinajstić information content (AvgIpc) is 2.72. The van der Waals surface area contributed by atoms with Gasteiger partial charge >= 0.3 is 5.97 Å². The molecular weight excluding hydrogens is 364 g/mol. The molecule has 144 valence electrons. The van der Waals surface area contributed by atoms with E-state index in [1.165, 1.54) is 17.0 Å². The molecule has 2 aromatic carbocycles. The number of benzene rings is 2. The average molecular weight is 382 g/mol. The van der Waals surface area contributed by atoms with E-state index in [9.17, 15) is 14.7 Å². The SMILES string of the molecule is N#CCCN(C(=O)COC(=O)c1ccccc1O)c1ccc2c(c1)OCCO2. The molecule has 0 spiro atoms. The second kappa shape index (κ2) is 8.77. The molecule has 1 aliphatic rings. The lowest BCUT2D eigenvalue weighted by Crippen LogP contribution is -2.35. The largest absolute Gasteiger partial charge is 0.507 e. The summed E-state index contributed by atoms with van der Waals surface area (Å²) in [5.74, 6) is -0.462. The van der Waals surface area contributed by atoms with E-state index in [-0.39, 0.29) is 24.3 Å². The molecule has 3 rings (SSSR count). The number of para-hydroxylation sites is 1. The highest BCUT2D eigenvalue weighted by Crippen LogP contribution is 2.34. The van der Waals surface area contributed by atoms with Crippen LogP contribution in [-0.2, 0) is 9.53 Å². The Kier molecular flexibility index (Phi) is 5.97. The van der Waals surface area contributed by atoms with Crippen molar-refractivity contribution in [2.24, 2.45) is 0 Å². The summed E-state index contributed by atoms with van der Waals surface area (Å²) in [6.07, 6.45) is 0.105. The molecule has 1 N–H and O–H groups in total. The van der Waals surface area contributed by atoms with E-state index < -0.39 is 18.5 Å². The molecule has 0 aliphatic carbocycles. The molecule has 0 saturated heterocycles. The highest BCUT2D eigenvalue weighted by atomic mass is 16.6. The molecule has 8 nitrogen and oxygen atoms in total. The third-order valence-corrected chi connectivity index (χ3v) is 4.04. The van der Waals surface area contributed by atoms with Crippen molar-refractivity contribution in [3.8, 4) is 23.3 Å². The molecule has 1 aliphatic heterocycles. The zero-order valence-corrected chi connectivity index (χ0v) is 15.0. The van der Waals surface area contributed by atoms with E-state index >= 15 is 0 Å². The highest BCUT2D eigenvalue weighted by Gasteiger charge is 2.21. The van der Waals surface area contributed by atoms with Crippen LogP contribution in [0.4, 0.5) is 5.69 Å². The van der Waals surface area contributed by atoms with Gasteiger partial charge in [-0.25, -0.2) is 4.79 Å². The summed E-state index contributed by atoms with van der Waals surface area (Å²) >= 11 is 0. The van der Waals surface area contributed by atoms with E-state index in [0.717, 1.165) is 0 Å². The van der Waals surface area contributed by atoms with Crippen LogP contribution in [0.3, 0.4) is 0 Å². The standard InChI is InChI=1S/C20H18N2O6/c21-8-3-9-22(14-6-7-17-18(12-14)27-11-10-26-17)19(24)13-28-20(25)15-4-1-2-5-16(15)23/h1-2,4-7,12,23H,3,9-11,13H2. The van der Waals surface area contributed by atoms with Crippen LogP contribution >= 0.6 is 0 Å². The van der Waals surface area contributed by atoms with E-state index in [1.54, 1.807) is 30.3 Å². The minimum Gasteiger partial charge on any atom is -0.507 e. The normalized spacial score (nSPS) is 12.0. The first-order valence-electron chi connectivity index (χ1n) is 8.62. The topological polar surface area (TPSA) is 109 Å². The first-order valence-corrected chi connectivity index (χ1v) is 8.62. The number of carbonyl (C=O) groups is 2. The summed E-state index contributed by atoms with van der Waals surface area (Å²) in [4.78, 5) is 26.1. The Morgan fingerprint density at radius 2 is 1.89 bits per heavy atom. The Balaban J connectivity index is 1.72. The summed E-state index contributed by atoms with van der Waals surface area (Å²) in [6.45, 7) is 0.447. The third-order valence-electron chi connectivity index (χ3n) is 4.04. The number of anilines is 1. The van der Waals surface area contributed by atoms with Crippen LogP contribution in [0, 0.1) is 11.3 Å². The molecule has 8 heteroatoms. The minimum absolute atomic E-state index is 0.0294. The van der Waals surface area contributed by atoms with Crippen molar-refractivity contribution in [1.82, 2.24) is 0 Å². The van der Waals surface area contributed by atoms with Crippen molar-refractivity contribution in [3.63, 3.8) is 0 Å². The Morgan fingerprint density at radius 3 is 2.64 bits per heavy atom. The third kappa shape index (κ3) is 4.32. The van der Waals surface area contributed by atoms with Crippen LogP contribution in [0.1, 0.15) is 16.8 Å². The summed E-state index contributed by atoms with van der Waals surface area (Å²) in [5.41, 5.74) is 0.473. The van der Waals surface area contributed by atoms with E-state index in [0.29, 0.717) is 30.4 Å². The molecular formula is C20H18N2O6. The molecule has 0 fully saturated rings. The molecule has 0 unspecified atom stereocenters. The molecule has 0 bridgehead atoms. The van der Waals surface area contributed by atoms with Crippen LogP contribution in [0.2, 0.25) is 0 Å². The van der Waals surface area contributed by atoms with Gasteiger partial charge in [-0.2, -0.15) is 5.26 Å². The lowest BCUT2D eigenvalue weighted by atomic mass is 10.2. The molecule has 0 saturated carbocycles. The maximum Gasteiger partial charge on any atom is 0.342 e. The van der Waals surface area contributed by atoms with Gasteiger partial charge in [-0.3, -0.25) is 4.79 Å². The Morgan fingerprint density at radius 1 is 1.14 bits per heavy atom. The Labute approximate surface area is 161 Å². The fourth-order valence-electron chi connectivity index (χ4n) is 2.69. The number of aromatic hydroxyl groups is 1. The number of ether oxygens (including phenoxy) is 3. The van der Waals surface area contributed by atoms with Gasteiger partial charge in [0.05, 0.1) is 12.5 Å². The maximum atomic E-state index is 12.6. The number of nitriles is 1. The van der Waals surface area contributed by atoms with Crippen LogP contribution < -0.4 is 14.4 Å². The molecule has 0 aromatic heterocycles. The second-order valence-corrected chi connectivity index (χ2v) is 5.87. The minimum atomic E-state index is -0.811. The van der Waals surface area contributed by atoms with E-state index in [2.05, 4.69) is 0 Å². The number of amides is 1.